The van der Waals surface area contributed by atoms with Crippen LogP contribution in [0.5, 0.6) is 23.0 Å². The Kier molecular flexibility index (Phi) is 2.74. The van der Waals surface area contributed by atoms with E-state index in [1.165, 1.54) is 10.9 Å². The second-order valence-corrected chi connectivity index (χ2v) is 6.05. The molecule has 5 nitrogen and oxygen atoms in total. The highest BCUT2D eigenvalue weighted by Gasteiger charge is 2.25. The number of ether oxygens (including phenoxy) is 4. The predicted molar refractivity (Wildman–Crippen MR) is 92.9 cm³/mol. The summed E-state index contributed by atoms with van der Waals surface area (Å²) >= 11 is 0. The number of hydrogen-bond acceptors (Lipinski definition) is 5. The summed E-state index contributed by atoms with van der Waals surface area (Å²) in [5.74, 6) is 3.07. The lowest BCUT2D eigenvalue weighted by molar-refractivity contribution is 0.175. The van der Waals surface area contributed by atoms with Gasteiger partial charge in [0.15, 0.2) is 23.0 Å². The Bertz CT molecular complexity index is 996. The van der Waals surface area contributed by atoms with Gasteiger partial charge in [0, 0.05) is 23.0 Å². The van der Waals surface area contributed by atoms with E-state index in [2.05, 4.69) is 17.4 Å². The molecular formula is C19H17NO4. The molecule has 0 unspecified atom stereocenters. The summed E-state index contributed by atoms with van der Waals surface area (Å²) in [4.78, 5) is 0. The largest absolute Gasteiger partial charge is 0.493 e. The van der Waals surface area contributed by atoms with E-state index < -0.39 is 0 Å². The van der Waals surface area contributed by atoms with Gasteiger partial charge in [0.25, 0.3) is 0 Å². The maximum Gasteiger partial charge on any atom is 0.231 e. The molecule has 24 heavy (non-hydrogen) atoms. The van der Waals surface area contributed by atoms with Crippen LogP contribution in [0.4, 0.5) is 5.69 Å². The average molecular weight is 323 g/mol. The van der Waals surface area contributed by atoms with Crippen LogP contribution in [0.3, 0.4) is 0 Å². The van der Waals surface area contributed by atoms with Crippen molar-refractivity contribution in [3.05, 3.63) is 29.8 Å². The summed E-state index contributed by atoms with van der Waals surface area (Å²) in [6.45, 7) is 1.18. The van der Waals surface area contributed by atoms with Gasteiger partial charge in [-0.05, 0) is 47.0 Å². The van der Waals surface area contributed by atoms with Gasteiger partial charge >= 0.3 is 0 Å². The first-order valence-corrected chi connectivity index (χ1v) is 7.98. The number of nitrogens with one attached hydrogen (secondary N) is 1. The van der Waals surface area contributed by atoms with E-state index in [0.717, 1.165) is 52.1 Å². The maximum absolute atomic E-state index is 5.81. The molecule has 5 heteroatoms. The Morgan fingerprint density at radius 3 is 2.62 bits per heavy atom. The third-order valence-corrected chi connectivity index (χ3v) is 4.85. The molecule has 2 aliphatic heterocycles. The molecule has 0 radical (unpaired) electrons. The fourth-order valence-corrected chi connectivity index (χ4v) is 3.79. The topological polar surface area (TPSA) is 49.0 Å². The Hall–Kier alpha value is -2.82. The first-order chi connectivity index (χ1) is 11.8. The number of fused-ring (bicyclic) bond motifs is 4. The highest BCUT2D eigenvalue weighted by molar-refractivity contribution is 6.18. The van der Waals surface area contributed by atoms with Crippen molar-refractivity contribution in [3.8, 4) is 23.0 Å². The van der Waals surface area contributed by atoms with Crippen LogP contribution in [0.1, 0.15) is 5.56 Å². The third kappa shape index (κ3) is 1.69. The van der Waals surface area contributed by atoms with Crippen molar-refractivity contribution in [2.75, 3.05) is 32.9 Å². The van der Waals surface area contributed by atoms with Crippen molar-refractivity contribution in [3.63, 3.8) is 0 Å². The van der Waals surface area contributed by atoms with Gasteiger partial charge < -0.3 is 24.3 Å². The van der Waals surface area contributed by atoms with Gasteiger partial charge in [-0.3, -0.25) is 0 Å². The molecule has 0 amide bonds. The van der Waals surface area contributed by atoms with E-state index in [0.29, 0.717) is 5.75 Å². The summed E-state index contributed by atoms with van der Waals surface area (Å²) in [5.41, 5.74) is 2.42. The Morgan fingerprint density at radius 2 is 1.79 bits per heavy atom. The molecule has 2 heterocycles. The van der Waals surface area contributed by atoms with Gasteiger partial charge in [-0.1, -0.05) is 0 Å². The van der Waals surface area contributed by atoms with Gasteiger partial charge in [-0.2, -0.15) is 0 Å². The van der Waals surface area contributed by atoms with Crippen LogP contribution in [-0.2, 0) is 6.42 Å². The quantitative estimate of drug-likeness (QED) is 0.729. The van der Waals surface area contributed by atoms with E-state index in [1.807, 2.05) is 12.1 Å². The zero-order valence-electron chi connectivity index (χ0n) is 13.6. The van der Waals surface area contributed by atoms with Crippen molar-refractivity contribution in [1.29, 1.82) is 0 Å². The number of methoxy groups -OCH3 is 2. The third-order valence-electron chi connectivity index (χ3n) is 4.85. The summed E-state index contributed by atoms with van der Waals surface area (Å²) in [6, 6.07) is 8.31. The smallest absolute Gasteiger partial charge is 0.231 e. The van der Waals surface area contributed by atoms with Crippen LogP contribution >= 0.6 is 0 Å². The molecule has 0 aromatic heterocycles. The first kappa shape index (κ1) is 13.6. The molecule has 0 aliphatic carbocycles. The highest BCUT2D eigenvalue weighted by Crippen LogP contribution is 2.49. The summed E-state index contributed by atoms with van der Waals surface area (Å²) in [6.07, 6.45) is 0.971. The lowest BCUT2D eigenvalue weighted by Gasteiger charge is -2.22. The van der Waals surface area contributed by atoms with Crippen LogP contribution in [0, 0.1) is 0 Å². The molecule has 1 N–H and O–H groups in total. The van der Waals surface area contributed by atoms with Crippen molar-refractivity contribution in [2.45, 2.75) is 6.42 Å². The minimum atomic E-state index is 0.264. The first-order valence-electron chi connectivity index (χ1n) is 7.98. The molecule has 2 aliphatic rings. The molecule has 0 saturated carbocycles. The van der Waals surface area contributed by atoms with E-state index in [9.17, 15) is 0 Å². The number of rotatable bonds is 2. The van der Waals surface area contributed by atoms with Crippen LogP contribution < -0.4 is 24.3 Å². The van der Waals surface area contributed by atoms with Crippen LogP contribution in [-0.4, -0.2) is 27.6 Å². The van der Waals surface area contributed by atoms with Crippen LogP contribution in [0.15, 0.2) is 24.3 Å². The molecule has 0 atom stereocenters. The molecular weight excluding hydrogens is 306 g/mol. The van der Waals surface area contributed by atoms with E-state index in [4.69, 9.17) is 18.9 Å². The molecule has 3 aromatic carbocycles. The number of benzene rings is 3. The normalized spacial score (nSPS) is 14.8. The van der Waals surface area contributed by atoms with Crippen LogP contribution in [0.25, 0.3) is 21.5 Å². The van der Waals surface area contributed by atoms with Crippen LogP contribution in [0.2, 0.25) is 0 Å². The molecule has 122 valence electrons. The second-order valence-electron chi connectivity index (χ2n) is 6.05. The van der Waals surface area contributed by atoms with Gasteiger partial charge in [0.1, 0.15) is 0 Å². The van der Waals surface area contributed by atoms with Gasteiger partial charge in [-0.25, -0.2) is 0 Å². The second kappa shape index (κ2) is 4.84. The summed E-state index contributed by atoms with van der Waals surface area (Å²) < 4.78 is 22.4. The molecule has 0 spiro atoms. The minimum Gasteiger partial charge on any atom is -0.493 e. The number of hydrogen-bond donors (Lipinski definition) is 1. The minimum absolute atomic E-state index is 0.264. The standard InChI is InChI=1S/C19H17NO4/c1-21-14-7-11-5-13-17-10(3-4-20-13)6-16-19(24-9-23-16)18(17)12(11)8-15(14)22-2/h5-8,20H,3-4,9H2,1-2H3. The summed E-state index contributed by atoms with van der Waals surface area (Å²) in [7, 11) is 3.31. The van der Waals surface area contributed by atoms with Gasteiger partial charge in [0.05, 0.1) is 14.2 Å². The van der Waals surface area contributed by atoms with Crippen molar-refractivity contribution < 1.29 is 18.9 Å². The molecule has 0 bridgehead atoms. The maximum atomic E-state index is 5.81. The molecule has 5 rings (SSSR count). The van der Waals surface area contributed by atoms with Gasteiger partial charge in [0.2, 0.25) is 6.79 Å². The Labute approximate surface area is 139 Å². The average Bonchev–Trinajstić information content (AvgIpc) is 3.08. The summed E-state index contributed by atoms with van der Waals surface area (Å²) in [5, 5.41) is 7.97. The SMILES string of the molecule is COc1cc2cc3c4c(cc5c(c4c2cc1OC)OCO5)CCN3. The molecule has 0 fully saturated rings. The lowest BCUT2D eigenvalue weighted by Crippen LogP contribution is -2.11. The Balaban J connectivity index is 1.99. The number of anilines is 1. The van der Waals surface area contributed by atoms with E-state index >= 15 is 0 Å². The predicted octanol–water partition coefficient (Wildman–Crippen LogP) is 3.71. The molecule has 0 saturated heterocycles. The van der Waals surface area contributed by atoms with E-state index in [-0.39, 0.29) is 6.79 Å². The highest BCUT2D eigenvalue weighted by atomic mass is 16.7. The van der Waals surface area contributed by atoms with Crippen molar-refractivity contribution in [1.82, 2.24) is 0 Å². The van der Waals surface area contributed by atoms with Crippen molar-refractivity contribution >= 4 is 27.2 Å². The van der Waals surface area contributed by atoms with E-state index in [1.54, 1.807) is 14.2 Å². The fourth-order valence-electron chi connectivity index (χ4n) is 3.79. The lowest BCUT2D eigenvalue weighted by atomic mass is 9.92. The monoisotopic (exact) mass is 323 g/mol. The fraction of sp³-hybridized carbons (Fsp3) is 0.263. The van der Waals surface area contributed by atoms with Gasteiger partial charge in [-0.15, -0.1) is 0 Å². The zero-order chi connectivity index (χ0) is 16.3. The molecule has 3 aromatic rings. The zero-order valence-corrected chi connectivity index (χ0v) is 13.6. The Morgan fingerprint density at radius 1 is 0.958 bits per heavy atom. The van der Waals surface area contributed by atoms with Crippen molar-refractivity contribution in [2.24, 2.45) is 0 Å².